The molecule has 1 aliphatic heterocycles. The first-order chi connectivity index (χ1) is 14.5. The van der Waals surface area contributed by atoms with Crippen LogP contribution >= 0.6 is 0 Å². The number of hydrogen-bond donors (Lipinski definition) is 1. The van der Waals surface area contributed by atoms with Crippen molar-refractivity contribution in [3.05, 3.63) is 78.4 Å². The fraction of sp³-hybridized carbons (Fsp3) is 0.273. The molecule has 3 rings (SSSR count). The molecule has 156 valence electrons. The van der Waals surface area contributed by atoms with Crippen molar-refractivity contribution in [3.8, 4) is 6.07 Å². The van der Waals surface area contributed by atoms with Gasteiger partial charge < -0.3 is 4.90 Å². The van der Waals surface area contributed by atoms with Gasteiger partial charge in [-0.2, -0.15) is 5.26 Å². The summed E-state index contributed by atoms with van der Waals surface area (Å²) in [6.45, 7) is 5.68. The lowest BCUT2D eigenvalue weighted by atomic mass is 10.1. The molecule has 2 aromatic carbocycles. The van der Waals surface area contributed by atoms with Crippen LogP contribution in [0.15, 0.2) is 72.1 Å². The van der Waals surface area contributed by atoms with E-state index in [4.69, 9.17) is 0 Å². The van der Waals surface area contributed by atoms with Gasteiger partial charge in [-0.3, -0.25) is 9.69 Å². The van der Waals surface area contributed by atoms with Crippen LogP contribution in [0.4, 0.5) is 0 Å². The lowest BCUT2D eigenvalue weighted by molar-refractivity contribution is 0.0606. The van der Waals surface area contributed by atoms with Gasteiger partial charge in [0.15, 0.2) is 0 Å². The maximum Gasteiger partial charge on any atom is 0.253 e. The zero-order valence-corrected chi connectivity index (χ0v) is 17.4. The molecule has 1 heterocycles. The summed E-state index contributed by atoms with van der Waals surface area (Å²) in [5.41, 5.74) is 1.26. The Balaban J connectivity index is 1.68. The van der Waals surface area contributed by atoms with Crippen molar-refractivity contribution >= 4 is 15.9 Å². The standard InChI is InChI=1S/C22H24N4O3S/c1-2-11-24-30(28,29)20-10-6-9-19(16-20)22(27)26-14-12-25(13-15-26)21(17-23)18-7-4-3-5-8-18/h2-10,16,21,24H,1,11-15H2. The van der Waals surface area contributed by atoms with Crippen molar-refractivity contribution < 1.29 is 13.2 Å². The fourth-order valence-corrected chi connectivity index (χ4v) is 4.46. The van der Waals surface area contributed by atoms with Crippen LogP contribution in [-0.4, -0.2) is 56.8 Å². The largest absolute Gasteiger partial charge is 0.336 e. The highest BCUT2D eigenvalue weighted by molar-refractivity contribution is 7.89. The van der Waals surface area contributed by atoms with Crippen molar-refractivity contribution in [3.63, 3.8) is 0 Å². The van der Waals surface area contributed by atoms with E-state index < -0.39 is 10.0 Å². The molecule has 1 aliphatic rings. The Morgan fingerprint density at radius 2 is 1.83 bits per heavy atom. The predicted octanol–water partition coefficient (Wildman–Crippen LogP) is 2.17. The number of nitrogens with zero attached hydrogens (tertiary/aromatic N) is 3. The highest BCUT2D eigenvalue weighted by Crippen LogP contribution is 2.22. The van der Waals surface area contributed by atoms with Gasteiger partial charge >= 0.3 is 0 Å². The summed E-state index contributed by atoms with van der Waals surface area (Å²) >= 11 is 0. The van der Waals surface area contributed by atoms with Gasteiger partial charge in [-0.1, -0.05) is 42.5 Å². The summed E-state index contributed by atoms with van der Waals surface area (Å²) < 4.78 is 27.0. The van der Waals surface area contributed by atoms with E-state index in [1.54, 1.807) is 17.0 Å². The Bertz CT molecular complexity index is 1040. The van der Waals surface area contributed by atoms with Crippen LogP contribution in [0.2, 0.25) is 0 Å². The number of amides is 1. The average Bonchev–Trinajstić information content (AvgIpc) is 2.79. The first kappa shape index (κ1) is 21.7. The van der Waals surface area contributed by atoms with Gasteiger partial charge in [0, 0.05) is 38.3 Å². The Morgan fingerprint density at radius 1 is 1.13 bits per heavy atom. The lowest BCUT2D eigenvalue weighted by Crippen LogP contribution is -2.49. The number of hydrogen-bond acceptors (Lipinski definition) is 5. The van der Waals surface area contributed by atoms with Gasteiger partial charge in [0.05, 0.1) is 11.0 Å². The number of carbonyl (C=O) groups excluding carboxylic acids is 1. The Kier molecular flexibility index (Phi) is 7.00. The molecule has 1 atom stereocenters. The van der Waals surface area contributed by atoms with E-state index in [0.717, 1.165) is 5.56 Å². The zero-order valence-electron chi connectivity index (χ0n) is 16.6. The van der Waals surface area contributed by atoms with Crippen molar-refractivity contribution in [1.29, 1.82) is 5.26 Å². The Labute approximate surface area is 177 Å². The zero-order chi connectivity index (χ0) is 21.6. The van der Waals surface area contributed by atoms with Gasteiger partial charge in [0.25, 0.3) is 5.91 Å². The van der Waals surface area contributed by atoms with Gasteiger partial charge in [-0.15, -0.1) is 6.58 Å². The first-order valence-corrected chi connectivity index (χ1v) is 11.1. The molecule has 1 amide bonds. The predicted molar refractivity (Wildman–Crippen MR) is 114 cm³/mol. The molecule has 7 nitrogen and oxygen atoms in total. The van der Waals surface area contributed by atoms with Crippen LogP contribution in [-0.2, 0) is 10.0 Å². The van der Waals surface area contributed by atoms with Gasteiger partial charge in [0.1, 0.15) is 6.04 Å². The maximum atomic E-state index is 12.9. The van der Waals surface area contributed by atoms with Crippen molar-refractivity contribution in [2.45, 2.75) is 10.9 Å². The second kappa shape index (κ2) is 9.67. The monoisotopic (exact) mass is 424 g/mol. The van der Waals surface area contributed by atoms with Gasteiger partial charge in [-0.05, 0) is 23.8 Å². The van der Waals surface area contributed by atoms with E-state index >= 15 is 0 Å². The summed E-state index contributed by atoms with van der Waals surface area (Å²) in [5, 5.41) is 9.61. The third-order valence-electron chi connectivity index (χ3n) is 5.01. The van der Waals surface area contributed by atoms with Crippen molar-refractivity contribution in [1.82, 2.24) is 14.5 Å². The maximum absolute atomic E-state index is 12.9. The molecule has 0 spiro atoms. The minimum absolute atomic E-state index is 0.0439. The number of piperazine rings is 1. The molecule has 1 fully saturated rings. The highest BCUT2D eigenvalue weighted by atomic mass is 32.2. The number of carbonyl (C=O) groups is 1. The molecule has 0 bridgehead atoms. The third kappa shape index (κ3) is 4.94. The molecule has 2 aromatic rings. The molecular formula is C22H24N4O3S. The quantitative estimate of drug-likeness (QED) is 0.688. The van der Waals surface area contributed by atoms with Crippen molar-refractivity contribution in [2.75, 3.05) is 32.7 Å². The van der Waals surface area contributed by atoms with E-state index in [0.29, 0.717) is 31.7 Å². The van der Waals surface area contributed by atoms with E-state index in [-0.39, 0.29) is 23.4 Å². The Hall–Kier alpha value is -2.99. The van der Waals surface area contributed by atoms with E-state index in [1.165, 1.54) is 18.2 Å². The first-order valence-electron chi connectivity index (χ1n) is 9.65. The second-order valence-corrected chi connectivity index (χ2v) is 8.71. The smallest absolute Gasteiger partial charge is 0.253 e. The molecule has 0 saturated carbocycles. The summed E-state index contributed by atoms with van der Waals surface area (Å²) in [6, 6.07) is 17.6. The van der Waals surface area contributed by atoms with Crippen LogP contribution < -0.4 is 4.72 Å². The number of nitriles is 1. The molecule has 1 saturated heterocycles. The minimum Gasteiger partial charge on any atom is -0.336 e. The van der Waals surface area contributed by atoms with E-state index in [9.17, 15) is 18.5 Å². The van der Waals surface area contributed by atoms with E-state index in [1.807, 2.05) is 30.3 Å². The molecule has 0 aromatic heterocycles. The van der Waals surface area contributed by atoms with Gasteiger partial charge in [-0.25, -0.2) is 13.1 Å². The SMILES string of the molecule is C=CCNS(=O)(=O)c1cccc(C(=O)N2CCN(C(C#N)c3ccccc3)CC2)c1. The molecule has 0 radical (unpaired) electrons. The normalized spacial score (nSPS) is 15.9. The van der Waals surface area contributed by atoms with Crippen LogP contribution in [0.25, 0.3) is 0 Å². The number of benzene rings is 2. The lowest BCUT2D eigenvalue weighted by Gasteiger charge is -2.37. The molecule has 1 N–H and O–H groups in total. The van der Waals surface area contributed by atoms with Crippen LogP contribution in [0.3, 0.4) is 0 Å². The second-order valence-electron chi connectivity index (χ2n) is 6.94. The number of rotatable bonds is 7. The number of nitrogens with one attached hydrogen (secondary N) is 1. The van der Waals surface area contributed by atoms with Gasteiger partial charge in [0.2, 0.25) is 10.0 Å². The van der Waals surface area contributed by atoms with Crippen LogP contribution in [0, 0.1) is 11.3 Å². The molecule has 30 heavy (non-hydrogen) atoms. The van der Waals surface area contributed by atoms with Crippen LogP contribution in [0.5, 0.6) is 0 Å². The molecular weight excluding hydrogens is 400 g/mol. The molecule has 1 unspecified atom stereocenters. The summed E-state index contributed by atoms with van der Waals surface area (Å²) in [5.74, 6) is -0.219. The fourth-order valence-electron chi connectivity index (χ4n) is 3.42. The molecule has 8 heteroatoms. The highest BCUT2D eigenvalue weighted by Gasteiger charge is 2.28. The van der Waals surface area contributed by atoms with Crippen LogP contribution in [0.1, 0.15) is 22.0 Å². The van der Waals surface area contributed by atoms with Crippen molar-refractivity contribution in [2.24, 2.45) is 0 Å². The molecule has 0 aliphatic carbocycles. The Morgan fingerprint density at radius 3 is 2.47 bits per heavy atom. The average molecular weight is 425 g/mol. The number of sulfonamides is 1. The van der Waals surface area contributed by atoms with E-state index in [2.05, 4.69) is 22.3 Å². The topological polar surface area (TPSA) is 93.5 Å². The summed E-state index contributed by atoms with van der Waals surface area (Å²) in [6.07, 6.45) is 1.45. The summed E-state index contributed by atoms with van der Waals surface area (Å²) in [4.78, 5) is 16.7. The third-order valence-corrected chi connectivity index (χ3v) is 6.43. The summed E-state index contributed by atoms with van der Waals surface area (Å²) in [7, 11) is -3.70. The minimum atomic E-state index is -3.70.